The first-order valence-electron chi connectivity index (χ1n) is 4.28. The molecule has 1 heterocycles. The summed E-state index contributed by atoms with van der Waals surface area (Å²) >= 11 is 0. The van der Waals surface area contributed by atoms with E-state index in [2.05, 4.69) is 4.98 Å². The Morgan fingerprint density at radius 3 is 2.53 bits per heavy atom. The first-order valence-corrected chi connectivity index (χ1v) is 4.28. The molecule has 2 N–H and O–H groups in total. The van der Waals surface area contributed by atoms with Crippen LogP contribution in [0.15, 0.2) is 18.3 Å². The molecule has 0 spiro atoms. The molecule has 5 nitrogen and oxygen atoms in total. The number of aliphatic hydroxyl groups is 2. The second kappa shape index (κ2) is 5.06. The van der Waals surface area contributed by atoms with Gasteiger partial charge in [-0.05, 0) is 12.1 Å². The molecule has 0 radical (unpaired) electrons. The Morgan fingerprint density at radius 1 is 1.33 bits per heavy atom. The Morgan fingerprint density at radius 2 is 2.07 bits per heavy atom. The molecule has 0 aliphatic rings. The van der Waals surface area contributed by atoms with Crippen molar-refractivity contribution in [2.24, 2.45) is 0 Å². The predicted molar refractivity (Wildman–Crippen MR) is 50.1 cm³/mol. The molecule has 2 unspecified atom stereocenters. The lowest BCUT2D eigenvalue weighted by Crippen LogP contribution is -2.18. The summed E-state index contributed by atoms with van der Waals surface area (Å²) in [5, 5.41) is 35.7. The maximum Gasteiger partial charge on any atom is 0.123 e. The topological polar surface area (TPSA) is 101 Å². The van der Waals surface area contributed by atoms with Gasteiger partial charge in [-0.3, -0.25) is 4.98 Å². The summed E-state index contributed by atoms with van der Waals surface area (Å²) in [6.45, 7) is 0. The largest absolute Gasteiger partial charge is 0.389 e. The molecule has 1 aromatic rings. The van der Waals surface area contributed by atoms with Crippen molar-refractivity contribution >= 4 is 0 Å². The number of pyridine rings is 1. The highest BCUT2D eigenvalue weighted by Gasteiger charge is 2.18. The van der Waals surface area contributed by atoms with Crippen LogP contribution in [0.25, 0.3) is 0 Å². The Bertz CT molecular complexity index is 402. The normalized spacial score (nSPS) is 13.6. The SMILES string of the molecule is N#CCC(O)C(O)c1ccc(C#N)cn1. The zero-order valence-corrected chi connectivity index (χ0v) is 7.83. The van der Waals surface area contributed by atoms with Crippen molar-refractivity contribution < 1.29 is 10.2 Å². The van der Waals surface area contributed by atoms with Gasteiger partial charge in [0.25, 0.3) is 0 Å². The van der Waals surface area contributed by atoms with Crippen LogP contribution in [0.2, 0.25) is 0 Å². The summed E-state index contributed by atoms with van der Waals surface area (Å²) in [4.78, 5) is 3.81. The average molecular weight is 203 g/mol. The first-order chi connectivity index (χ1) is 7.19. The Balaban J connectivity index is 2.79. The molecule has 0 fully saturated rings. The van der Waals surface area contributed by atoms with E-state index in [1.807, 2.05) is 6.07 Å². The van der Waals surface area contributed by atoms with Crippen LogP contribution >= 0.6 is 0 Å². The molecule has 0 aliphatic carbocycles. The quantitative estimate of drug-likeness (QED) is 0.733. The number of hydrogen-bond acceptors (Lipinski definition) is 5. The number of nitrogens with zero attached hydrogens (tertiary/aromatic N) is 3. The van der Waals surface area contributed by atoms with Gasteiger partial charge in [0, 0.05) is 6.20 Å². The van der Waals surface area contributed by atoms with Crippen molar-refractivity contribution in [3.05, 3.63) is 29.6 Å². The molecule has 2 atom stereocenters. The first kappa shape index (κ1) is 11.1. The minimum absolute atomic E-state index is 0.164. The van der Waals surface area contributed by atoms with Gasteiger partial charge in [0.1, 0.15) is 12.2 Å². The maximum absolute atomic E-state index is 9.54. The molecule has 5 heteroatoms. The average Bonchev–Trinajstić information content (AvgIpc) is 2.28. The van der Waals surface area contributed by atoms with Gasteiger partial charge in [0.2, 0.25) is 0 Å². The molecule has 0 saturated carbocycles. The summed E-state index contributed by atoms with van der Waals surface area (Å²) in [5.41, 5.74) is 0.623. The lowest BCUT2D eigenvalue weighted by atomic mass is 10.1. The van der Waals surface area contributed by atoms with Gasteiger partial charge in [-0.25, -0.2) is 0 Å². The van der Waals surface area contributed by atoms with Gasteiger partial charge in [0.15, 0.2) is 0 Å². The van der Waals surface area contributed by atoms with Crippen molar-refractivity contribution in [2.45, 2.75) is 18.6 Å². The Labute approximate surface area is 86.8 Å². The van der Waals surface area contributed by atoms with E-state index in [1.54, 1.807) is 6.07 Å². The van der Waals surface area contributed by atoms with E-state index in [-0.39, 0.29) is 12.1 Å². The zero-order valence-electron chi connectivity index (χ0n) is 7.83. The lowest BCUT2D eigenvalue weighted by Gasteiger charge is -2.14. The van der Waals surface area contributed by atoms with E-state index in [4.69, 9.17) is 10.5 Å². The third kappa shape index (κ3) is 2.75. The van der Waals surface area contributed by atoms with Crippen molar-refractivity contribution in [1.82, 2.24) is 4.98 Å². The smallest absolute Gasteiger partial charge is 0.123 e. The molecule has 0 aliphatic heterocycles. The molecule has 0 amide bonds. The summed E-state index contributed by atoms with van der Waals surface area (Å²) < 4.78 is 0. The monoisotopic (exact) mass is 203 g/mol. The zero-order chi connectivity index (χ0) is 11.3. The highest BCUT2D eigenvalue weighted by atomic mass is 16.3. The molecule has 0 bridgehead atoms. The Hall–Kier alpha value is -1.95. The van der Waals surface area contributed by atoms with Crippen LogP contribution in [0.1, 0.15) is 23.8 Å². The second-order valence-corrected chi connectivity index (χ2v) is 2.96. The second-order valence-electron chi connectivity index (χ2n) is 2.96. The molecule has 15 heavy (non-hydrogen) atoms. The van der Waals surface area contributed by atoms with Crippen molar-refractivity contribution in [3.63, 3.8) is 0 Å². The predicted octanol–water partition coefficient (Wildman–Crippen LogP) is 0.261. The summed E-state index contributed by atoms with van der Waals surface area (Å²) in [6.07, 6.45) is -1.21. The molecule has 0 saturated heterocycles. The van der Waals surface area contributed by atoms with Crippen molar-refractivity contribution in [1.29, 1.82) is 10.5 Å². The number of aliphatic hydroxyl groups excluding tert-OH is 2. The fourth-order valence-electron chi connectivity index (χ4n) is 1.05. The van der Waals surface area contributed by atoms with E-state index >= 15 is 0 Å². The standard InChI is InChI=1S/C10H9N3O2/c11-4-3-9(14)10(15)8-2-1-7(5-12)6-13-8/h1-2,6,9-10,14-15H,3H2. The van der Waals surface area contributed by atoms with E-state index in [0.29, 0.717) is 5.56 Å². The van der Waals surface area contributed by atoms with Crippen LogP contribution < -0.4 is 0 Å². The number of aromatic nitrogens is 1. The number of hydrogen-bond donors (Lipinski definition) is 2. The van der Waals surface area contributed by atoms with E-state index in [1.165, 1.54) is 18.3 Å². The molecule has 1 rings (SSSR count). The van der Waals surface area contributed by atoms with Crippen molar-refractivity contribution in [3.8, 4) is 12.1 Å². The number of nitriles is 2. The number of rotatable bonds is 3. The van der Waals surface area contributed by atoms with Crippen LogP contribution in [0, 0.1) is 22.7 Å². The third-order valence-corrected chi connectivity index (χ3v) is 1.88. The summed E-state index contributed by atoms with van der Waals surface area (Å²) in [6, 6.07) is 6.58. The molecular weight excluding hydrogens is 194 g/mol. The maximum atomic E-state index is 9.54. The van der Waals surface area contributed by atoms with Crippen LogP contribution in [0.5, 0.6) is 0 Å². The van der Waals surface area contributed by atoms with E-state index in [0.717, 1.165) is 0 Å². The molecular formula is C10H9N3O2. The molecule has 76 valence electrons. The van der Waals surface area contributed by atoms with Gasteiger partial charge < -0.3 is 10.2 Å². The highest BCUT2D eigenvalue weighted by Crippen LogP contribution is 2.16. The van der Waals surface area contributed by atoms with Crippen LogP contribution in [0.4, 0.5) is 0 Å². The molecule has 0 aromatic carbocycles. The van der Waals surface area contributed by atoms with Gasteiger partial charge in [-0.1, -0.05) is 0 Å². The molecule has 1 aromatic heterocycles. The minimum atomic E-state index is -1.20. The van der Waals surface area contributed by atoms with Gasteiger partial charge in [-0.2, -0.15) is 10.5 Å². The minimum Gasteiger partial charge on any atom is -0.389 e. The van der Waals surface area contributed by atoms with Crippen LogP contribution in [0.3, 0.4) is 0 Å². The fourth-order valence-corrected chi connectivity index (χ4v) is 1.05. The van der Waals surface area contributed by atoms with Gasteiger partial charge in [0.05, 0.1) is 29.9 Å². The Kier molecular flexibility index (Phi) is 3.75. The van der Waals surface area contributed by atoms with E-state index in [9.17, 15) is 10.2 Å². The summed E-state index contributed by atoms with van der Waals surface area (Å²) in [7, 11) is 0. The van der Waals surface area contributed by atoms with E-state index < -0.39 is 12.2 Å². The van der Waals surface area contributed by atoms with Gasteiger partial charge >= 0.3 is 0 Å². The van der Waals surface area contributed by atoms with Gasteiger partial charge in [-0.15, -0.1) is 0 Å². The van der Waals surface area contributed by atoms with Crippen molar-refractivity contribution in [2.75, 3.05) is 0 Å². The third-order valence-electron chi connectivity index (χ3n) is 1.88. The fraction of sp³-hybridized carbons (Fsp3) is 0.300. The van der Waals surface area contributed by atoms with Crippen LogP contribution in [-0.2, 0) is 0 Å². The van der Waals surface area contributed by atoms with Crippen LogP contribution in [-0.4, -0.2) is 21.3 Å². The highest BCUT2D eigenvalue weighted by molar-refractivity contribution is 5.27. The lowest BCUT2D eigenvalue weighted by molar-refractivity contribution is 0.0190. The summed E-state index contributed by atoms with van der Waals surface area (Å²) in [5.74, 6) is 0.